The molecule has 0 radical (unpaired) electrons. The molecular formula is C6H14F2N2O3S. The number of nitrogens with one attached hydrogen (secondary N) is 1. The predicted molar refractivity (Wildman–Crippen MR) is 47.7 cm³/mol. The van der Waals surface area contributed by atoms with Gasteiger partial charge in [-0.2, -0.15) is 0 Å². The first-order chi connectivity index (χ1) is 6.33. The third-order valence-corrected chi connectivity index (χ3v) is 2.69. The average molecular weight is 232 g/mol. The van der Waals surface area contributed by atoms with Crippen molar-refractivity contribution in [2.24, 2.45) is 5.73 Å². The Morgan fingerprint density at radius 2 is 2.07 bits per heavy atom. The van der Waals surface area contributed by atoms with Crippen molar-refractivity contribution in [3.8, 4) is 0 Å². The molecule has 0 saturated carbocycles. The van der Waals surface area contributed by atoms with Gasteiger partial charge in [-0.15, -0.1) is 0 Å². The smallest absolute Gasteiger partial charge is 0.273 e. The van der Waals surface area contributed by atoms with Crippen LogP contribution in [0.15, 0.2) is 0 Å². The van der Waals surface area contributed by atoms with E-state index in [9.17, 15) is 17.2 Å². The first-order valence-corrected chi connectivity index (χ1v) is 5.52. The van der Waals surface area contributed by atoms with Crippen LogP contribution in [0.4, 0.5) is 8.78 Å². The van der Waals surface area contributed by atoms with Crippen LogP contribution in [0.25, 0.3) is 0 Å². The topological polar surface area (TPSA) is 81.4 Å². The maximum atomic E-state index is 12.5. The highest BCUT2D eigenvalue weighted by Gasteiger charge is 2.28. The van der Waals surface area contributed by atoms with Gasteiger partial charge in [0.25, 0.3) is 5.92 Å². The molecule has 3 N–H and O–H groups in total. The Kier molecular flexibility index (Phi) is 5.42. The number of rotatable bonds is 7. The summed E-state index contributed by atoms with van der Waals surface area (Å²) in [6.07, 6.45) is 0. The minimum atomic E-state index is -3.70. The Morgan fingerprint density at radius 3 is 2.50 bits per heavy atom. The lowest BCUT2D eigenvalue weighted by atomic mass is 10.3. The Labute approximate surface area is 81.7 Å². The van der Waals surface area contributed by atoms with E-state index in [-0.39, 0.29) is 12.4 Å². The van der Waals surface area contributed by atoms with E-state index < -0.39 is 29.0 Å². The van der Waals surface area contributed by atoms with Crippen LogP contribution in [0.1, 0.15) is 0 Å². The van der Waals surface area contributed by atoms with Crippen molar-refractivity contribution in [2.75, 3.05) is 32.6 Å². The van der Waals surface area contributed by atoms with Gasteiger partial charge in [0.15, 0.2) is 0 Å². The molecule has 14 heavy (non-hydrogen) atoms. The monoisotopic (exact) mass is 232 g/mol. The van der Waals surface area contributed by atoms with E-state index in [0.717, 1.165) is 0 Å². The molecule has 0 bridgehead atoms. The lowest BCUT2D eigenvalue weighted by Gasteiger charge is -2.14. The van der Waals surface area contributed by atoms with Crippen LogP contribution in [0, 0.1) is 0 Å². The predicted octanol–water partition coefficient (Wildman–Crippen LogP) is -0.854. The second-order valence-electron chi connectivity index (χ2n) is 2.69. The fraction of sp³-hybridized carbons (Fsp3) is 1.00. The lowest BCUT2D eigenvalue weighted by Crippen LogP contribution is -2.42. The van der Waals surface area contributed by atoms with Crippen molar-refractivity contribution in [3.05, 3.63) is 0 Å². The van der Waals surface area contributed by atoms with Crippen LogP contribution in [-0.2, 0) is 14.8 Å². The molecular weight excluding hydrogens is 218 g/mol. The van der Waals surface area contributed by atoms with Crippen LogP contribution >= 0.6 is 0 Å². The number of ether oxygens (including phenoxy) is 1. The number of alkyl halides is 2. The second-order valence-corrected chi connectivity index (χ2v) is 4.62. The van der Waals surface area contributed by atoms with E-state index in [4.69, 9.17) is 5.73 Å². The molecule has 0 unspecified atom stereocenters. The van der Waals surface area contributed by atoms with Crippen LogP contribution in [0.2, 0.25) is 0 Å². The summed E-state index contributed by atoms with van der Waals surface area (Å²) in [5, 5.41) is 0. The zero-order valence-electron chi connectivity index (χ0n) is 7.79. The maximum Gasteiger partial charge on any atom is 0.273 e. The standard InChI is InChI=1S/C6H14F2N2O3S/c1-13-2-3-14(11,12)10-5-6(7,8)4-9/h10H,2-5,9H2,1H3. The molecule has 0 fully saturated rings. The summed E-state index contributed by atoms with van der Waals surface area (Å²) in [6.45, 7) is -1.90. The zero-order chi connectivity index (χ0) is 11.2. The van der Waals surface area contributed by atoms with Gasteiger partial charge in [-0.25, -0.2) is 21.9 Å². The third kappa shape index (κ3) is 6.19. The largest absolute Gasteiger partial charge is 0.384 e. The van der Waals surface area contributed by atoms with Gasteiger partial charge in [0.2, 0.25) is 10.0 Å². The average Bonchev–Trinajstić information content (AvgIpc) is 2.12. The van der Waals surface area contributed by atoms with Crippen molar-refractivity contribution >= 4 is 10.0 Å². The molecule has 0 atom stereocenters. The molecule has 0 aromatic carbocycles. The Morgan fingerprint density at radius 1 is 1.50 bits per heavy atom. The molecule has 0 aromatic rings. The van der Waals surface area contributed by atoms with Gasteiger partial charge in [0.05, 0.1) is 25.4 Å². The van der Waals surface area contributed by atoms with E-state index in [1.807, 2.05) is 0 Å². The van der Waals surface area contributed by atoms with Gasteiger partial charge in [-0.05, 0) is 0 Å². The van der Waals surface area contributed by atoms with Crippen LogP contribution in [-0.4, -0.2) is 46.9 Å². The molecule has 0 aromatic heterocycles. The molecule has 5 nitrogen and oxygen atoms in total. The summed E-state index contributed by atoms with van der Waals surface area (Å²) < 4.78 is 53.3. The fourth-order valence-electron chi connectivity index (χ4n) is 0.553. The zero-order valence-corrected chi connectivity index (χ0v) is 8.61. The minimum Gasteiger partial charge on any atom is -0.384 e. The quantitative estimate of drug-likeness (QED) is 0.599. The van der Waals surface area contributed by atoms with Gasteiger partial charge in [0.1, 0.15) is 0 Å². The van der Waals surface area contributed by atoms with Crippen LogP contribution in [0.5, 0.6) is 0 Å². The maximum absolute atomic E-state index is 12.5. The summed E-state index contributed by atoms with van der Waals surface area (Å²) in [4.78, 5) is 0. The van der Waals surface area contributed by atoms with Crippen molar-refractivity contribution in [3.63, 3.8) is 0 Å². The molecule has 8 heteroatoms. The van der Waals surface area contributed by atoms with E-state index in [1.54, 1.807) is 4.72 Å². The van der Waals surface area contributed by atoms with Gasteiger partial charge in [0, 0.05) is 7.11 Å². The number of sulfonamides is 1. The molecule has 0 spiro atoms. The first-order valence-electron chi connectivity index (χ1n) is 3.87. The van der Waals surface area contributed by atoms with Gasteiger partial charge in [-0.3, -0.25) is 0 Å². The summed E-state index contributed by atoms with van der Waals surface area (Å²) >= 11 is 0. The van der Waals surface area contributed by atoms with Crippen molar-refractivity contribution < 1.29 is 21.9 Å². The molecule has 0 aliphatic carbocycles. The lowest BCUT2D eigenvalue weighted by molar-refractivity contribution is 0.0170. The number of methoxy groups -OCH3 is 1. The Balaban J connectivity index is 4.00. The fourth-order valence-corrected chi connectivity index (χ4v) is 1.51. The van der Waals surface area contributed by atoms with Gasteiger partial charge < -0.3 is 10.5 Å². The Bertz CT molecular complexity index is 256. The van der Waals surface area contributed by atoms with E-state index in [0.29, 0.717) is 0 Å². The molecule has 86 valence electrons. The minimum absolute atomic E-state index is 0.0382. The summed E-state index contributed by atoms with van der Waals surface area (Å²) in [7, 11) is -2.37. The number of halogens is 2. The highest BCUT2D eigenvalue weighted by molar-refractivity contribution is 7.89. The molecule has 0 aliphatic rings. The van der Waals surface area contributed by atoms with Gasteiger partial charge in [-0.1, -0.05) is 0 Å². The van der Waals surface area contributed by atoms with Crippen LogP contribution in [0.3, 0.4) is 0 Å². The van der Waals surface area contributed by atoms with Crippen LogP contribution < -0.4 is 10.5 Å². The number of hydrogen-bond donors (Lipinski definition) is 2. The highest BCUT2D eigenvalue weighted by Crippen LogP contribution is 2.09. The van der Waals surface area contributed by atoms with Crippen molar-refractivity contribution in [1.29, 1.82) is 0 Å². The SMILES string of the molecule is COCCS(=O)(=O)NCC(F)(F)CN. The number of hydrogen-bond acceptors (Lipinski definition) is 4. The summed E-state index contributed by atoms with van der Waals surface area (Å²) in [5.41, 5.74) is 4.73. The summed E-state index contributed by atoms with van der Waals surface area (Å²) in [6, 6.07) is 0. The summed E-state index contributed by atoms with van der Waals surface area (Å²) in [5.74, 6) is -3.55. The van der Waals surface area contributed by atoms with E-state index in [2.05, 4.69) is 4.74 Å². The van der Waals surface area contributed by atoms with E-state index >= 15 is 0 Å². The Hall–Kier alpha value is -0.310. The molecule has 0 saturated heterocycles. The second kappa shape index (κ2) is 5.54. The normalized spacial score (nSPS) is 13.1. The molecule has 0 aliphatic heterocycles. The van der Waals surface area contributed by atoms with Crippen molar-refractivity contribution in [1.82, 2.24) is 4.72 Å². The molecule has 0 rings (SSSR count). The molecule has 0 amide bonds. The third-order valence-electron chi connectivity index (χ3n) is 1.41. The van der Waals surface area contributed by atoms with Gasteiger partial charge >= 0.3 is 0 Å². The highest BCUT2D eigenvalue weighted by atomic mass is 32.2. The first kappa shape index (κ1) is 13.7. The molecule has 0 heterocycles. The van der Waals surface area contributed by atoms with E-state index in [1.165, 1.54) is 7.11 Å². The van der Waals surface area contributed by atoms with Crippen molar-refractivity contribution in [2.45, 2.75) is 5.92 Å². The number of nitrogens with two attached hydrogens (primary N) is 1.